The van der Waals surface area contributed by atoms with E-state index in [1.54, 1.807) is 42.3 Å². The second kappa shape index (κ2) is 9.19. The molecule has 0 atom stereocenters. The molecule has 2 N–H and O–H groups in total. The van der Waals surface area contributed by atoms with Crippen molar-refractivity contribution in [2.75, 3.05) is 12.4 Å². The molecule has 2 aromatic carbocycles. The van der Waals surface area contributed by atoms with Crippen molar-refractivity contribution in [3.05, 3.63) is 71.3 Å². The molecule has 2 aromatic rings. The summed E-state index contributed by atoms with van der Waals surface area (Å²) in [6, 6.07) is 14.8. The van der Waals surface area contributed by atoms with Gasteiger partial charge in [-0.3, -0.25) is 14.4 Å². The van der Waals surface area contributed by atoms with E-state index in [1.807, 2.05) is 24.3 Å². The number of carbonyl (C=O) groups is 3. The van der Waals surface area contributed by atoms with Crippen molar-refractivity contribution in [1.82, 2.24) is 10.2 Å². The van der Waals surface area contributed by atoms with Crippen LogP contribution >= 0.6 is 0 Å². The fourth-order valence-corrected chi connectivity index (χ4v) is 2.74. The Labute approximate surface area is 170 Å². The number of para-hydroxylation sites is 1. The van der Waals surface area contributed by atoms with Gasteiger partial charge in [-0.15, -0.1) is 0 Å². The lowest BCUT2D eigenvalue weighted by molar-refractivity contribution is -0.128. The van der Waals surface area contributed by atoms with E-state index < -0.39 is 0 Å². The van der Waals surface area contributed by atoms with Crippen molar-refractivity contribution < 1.29 is 14.4 Å². The summed E-state index contributed by atoms with van der Waals surface area (Å²) in [5.41, 5.74) is 2.97. The molecule has 0 unspecified atom stereocenters. The highest BCUT2D eigenvalue weighted by Crippen LogP contribution is 2.20. The van der Waals surface area contributed by atoms with E-state index in [2.05, 4.69) is 10.6 Å². The monoisotopic (exact) mass is 391 g/mol. The van der Waals surface area contributed by atoms with Crippen molar-refractivity contribution in [2.24, 2.45) is 0 Å². The van der Waals surface area contributed by atoms with Crippen molar-refractivity contribution in [1.29, 1.82) is 0 Å². The molecule has 29 heavy (non-hydrogen) atoms. The maximum atomic E-state index is 12.3. The van der Waals surface area contributed by atoms with E-state index in [0.29, 0.717) is 23.8 Å². The number of amides is 3. The van der Waals surface area contributed by atoms with Crippen LogP contribution in [-0.2, 0) is 16.1 Å². The van der Waals surface area contributed by atoms with Crippen LogP contribution in [0.3, 0.4) is 0 Å². The summed E-state index contributed by atoms with van der Waals surface area (Å²) in [7, 11) is 1.72. The second-order valence-electron chi connectivity index (χ2n) is 7.22. The van der Waals surface area contributed by atoms with Crippen LogP contribution in [0.25, 0.3) is 6.08 Å². The normalized spacial score (nSPS) is 13.2. The minimum atomic E-state index is -0.265. The standard InChI is InChI=1S/C23H25N3O3/c1-16(27)26(2)15-19-5-3-4-6-21(19)25-22(28)14-9-17-7-10-18(11-8-17)23(29)24-20-12-13-20/h3-11,14,20H,12-13,15H2,1-2H3,(H,24,29)(H,25,28)/b14-9+. The summed E-state index contributed by atoms with van der Waals surface area (Å²) in [5, 5.41) is 5.80. The summed E-state index contributed by atoms with van der Waals surface area (Å²) in [4.78, 5) is 37.4. The van der Waals surface area contributed by atoms with Crippen molar-refractivity contribution in [3.63, 3.8) is 0 Å². The maximum absolute atomic E-state index is 12.3. The molecule has 6 heteroatoms. The Morgan fingerprint density at radius 2 is 1.76 bits per heavy atom. The first-order valence-corrected chi connectivity index (χ1v) is 9.62. The summed E-state index contributed by atoms with van der Waals surface area (Å²) in [5.74, 6) is -0.369. The van der Waals surface area contributed by atoms with Gasteiger partial charge in [0.15, 0.2) is 0 Å². The first-order chi connectivity index (χ1) is 13.9. The fourth-order valence-electron chi connectivity index (χ4n) is 2.74. The van der Waals surface area contributed by atoms with Gasteiger partial charge >= 0.3 is 0 Å². The number of benzene rings is 2. The zero-order chi connectivity index (χ0) is 20.8. The van der Waals surface area contributed by atoms with E-state index >= 15 is 0 Å². The average Bonchev–Trinajstić information content (AvgIpc) is 3.52. The number of nitrogens with one attached hydrogen (secondary N) is 2. The SMILES string of the molecule is CC(=O)N(C)Cc1ccccc1NC(=O)/C=C/c1ccc(C(=O)NC2CC2)cc1. The van der Waals surface area contributed by atoms with Crippen molar-refractivity contribution in [2.45, 2.75) is 32.4 Å². The second-order valence-corrected chi connectivity index (χ2v) is 7.22. The quantitative estimate of drug-likeness (QED) is 0.712. The summed E-state index contributed by atoms with van der Waals surface area (Å²) in [6.45, 7) is 1.92. The highest BCUT2D eigenvalue weighted by molar-refractivity contribution is 6.02. The molecule has 0 heterocycles. The third kappa shape index (κ3) is 6.04. The number of anilines is 1. The molecule has 6 nitrogen and oxygen atoms in total. The molecule has 0 spiro atoms. The van der Waals surface area contributed by atoms with E-state index in [1.165, 1.54) is 13.0 Å². The first-order valence-electron chi connectivity index (χ1n) is 9.62. The Balaban J connectivity index is 1.59. The van der Waals surface area contributed by atoms with Gasteiger partial charge in [0.1, 0.15) is 0 Å². The molecule has 3 rings (SSSR count). The van der Waals surface area contributed by atoms with Crippen LogP contribution in [0.5, 0.6) is 0 Å². The lowest BCUT2D eigenvalue weighted by atomic mass is 10.1. The minimum Gasteiger partial charge on any atom is -0.349 e. The molecule has 0 bridgehead atoms. The van der Waals surface area contributed by atoms with Crippen LogP contribution < -0.4 is 10.6 Å². The van der Waals surface area contributed by atoms with Gasteiger partial charge in [0.05, 0.1) is 0 Å². The van der Waals surface area contributed by atoms with E-state index in [0.717, 1.165) is 24.0 Å². The van der Waals surface area contributed by atoms with Gasteiger partial charge in [-0.2, -0.15) is 0 Å². The highest BCUT2D eigenvalue weighted by Gasteiger charge is 2.23. The van der Waals surface area contributed by atoms with E-state index in [-0.39, 0.29) is 17.7 Å². The molecule has 0 saturated heterocycles. The van der Waals surface area contributed by atoms with Crippen LogP contribution in [0, 0.1) is 0 Å². The van der Waals surface area contributed by atoms with Gasteiger partial charge in [0, 0.05) is 43.9 Å². The Morgan fingerprint density at radius 3 is 2.41 bits per heavy atom. The summed E-state index contributed by atoms with van der Waals surface area (Å²) >= 11 is 0. The number of rotatable bonds is 7. The van der Waals surface area contributed by atoms with Gasteiger partial charge in [-0.25, -0.2) is 0 Å². The summed E-state index contributed by atoms with van der Waals surface area (Å²) < 4.78 is 0. The fraction of sp³-hybridized carbons (Fsp3) is 0.261. The van der Waals surface area contributed by atoms with Crippen LogP contribution in [0.2, 0.25) is 0 Å². The molecule has 1 aliphatic carbocycles. The molecule has 1 aliphatic rings. The van der Waals surface area contributed by atoms with Crippen LogP contribution in [-0.4, -0.2) is 35.7 Å². The Bertz CT molecular complexity index is 931. The molecular formula is C23H25N3O3. The van der Waals surface area contributed by atoms with Crippen molar-refractivity contribution >= 4 is 29.5 Å². The number of hydrogen-bond acceptors (Lipinski definition) is 3. The molecule has 0 aromatic heterocycles. The highest BCUT2D eigenvalue weighted by atomic mass is 16.2. The van der Waals surface area contributed by atoms with Gasteiger partial charge in [0.2, 0.25) is 11.8 Å². The van der Waals surface area contributed by atoms with Crippen molar-refractivity contribution in [3.8, 4) is 0 Å². The Kier molecular flexibility index (Phi) is 6.44. The number of nitrogens with zero attached hydrogens (tertiary/aromatic N) is 1. The zero-order valence-corrected chi connectivity index (χ0v) is 16.6. The molecule has 3 amide bonds. The maximum Gasteiger partial charge on any atom is 0.251 e. The predicted molar refractivity (Wildman–Crippen MR) is 113 cm³/mol. The van der Waals surface area contributed by atoms with Gasteiger partial charge in [0.25, 0.3) is 5.91 Å². The molecular weight excluding hydrogens is 366 g/mol. The van der Waals surface area contributed by atoms with Gasteiger partial charge in [-0.05, 0) is 48.2 Å². The molecule has 150 valence electrons. The van der Waals surface area contributed by atoms with Crippen LogP contribution in [0.4, 0.5) is 5.69 Å². The number of carbonyl (C=O) groups excluding carboxylic acids is 3. The smallest absolute Gasteiger partial charge is 0.251 e. The van der Waals surface area contributed by atoms with E-state index in [4.69, 9.17) is 0 Å². The topological polar surface area (TPSA) is 78.5 Å². The third-order valence-electron chi connectivity index (χ3n) is 4.73. The van der Waals surface area contributed by atoms with Gasteiger partial charge in [-0.1, -0.05) is 30.3 Å². The van der Waals surface area contributed by atoms with Crippen LogP contribution in [0.1, 0.15) is 41.3 Å². The molecule has 0 aliphatic heterocycles. The average molecular weight is 391 g/mol. The predicted octanol–water partition coefficient (Wildman–Crippen LogP) is 3.21. The minimum absolute atomic E-state index is 0.0414. The molecule has 1 fully saturated rings. The number of hydrogen-bond donors (Lipinski definition) is 2. The van der Waals surface area contributed by atoms with Gasteiger partial charge < -0.3 is 15.5 Å². The first kappa shape index (κ1) is 20.3. The lowest BCUT2D eigenvalue weighted by Crippen LogP contribution is -2.25. The zero-order valence-electron chi connectivity index (χ0n) is 16.6. The largest absolute Gasteiger partial charge is 0.349 e. The Hall–Kier alpha value is -3.41. The lowest BCUT2D eigenvalue weighted by Gasteiger charge is -2.17. The van der Waals surface area contributed by atoms with Crippen LogP contribution in [0.15, 0.2) is 54.6 Å². The van der Waals surface area contributed by atoms with E-state index in [9.17, 15) is 14.4 Å². The summed E-state index contributed by atoms with van der Waals surface area (Å²) in [6.07, 6.45) is 5.25. The third-order valence-corrected chi connectivity index (χ3v) is 4.73. The molecule has 1 saturated carbocycles. The molecule has 0 radical (unpaired) electrons. The Morgan fingerprint density at radius 1 is 1.07 bits per heavy atom.